The number of nitrogens with one attached hydrogen (secondary N) is 1. The van der Waals surface area contributed by atoms with Crippen LogP contribution in [0.1, 0.15) is 40.0 Å². The molecule has 1 N–H and O–H groups in total. The van der Waals surface area contributed by atoms with E-state index in [1.165, 1.54) is 31.6 Å². The van der Waals surface area contributed by atoms with Gasteiger partial charge in [-0.15, -0.1) is 0 Å². The van der Waals surface area contributed by atoms with Crippen molar-refractivity contribution in [2.75, 3.05) is 18.6 Å². The molecule has 0 rings (SSSR count). The molecule has 0 spiro atoms. The van der Waals surface area contributed by atoms with Crippen LogP contribution in [0.5, 0.6) is 0 Å². The summed E-state index contributed by atoms with van der Waals surface area (Å²) < 4.78 is 0. The summed E-state index contributed by atoms with van der Waals surface area (Å²) >= 11 is 1.95. The van der Waals surface area contributed by atoms with Crippen molar-refractivity contribution in [3.63, 3.8) is 0 Å². The first-order valence-corrected chi connectivity index (χ1v) is 6.82. The van der Waals surface area contributed by atoms with Crippen molar-refractivity contribution in [3.8, 4) is 0 Å². The molecule has 0 saturated carbocycles. The Hall–Kier alpha value is 0.310. The molecule has 0 saturated heterocycles. The molecule has 0 fully saturated rings. The van der Waals surface area contributed by atoms with Crippen LogP contribution in [-0.4, -0.2) is 24.6 Å². The summed E-state index contributed by atoms with van der Waals surface area (Å²) in [4.78, 5) is 0. The third kappa shape index (κ3) is 8.63. The molecule has 0 aliphatic heterocycles. The zero-order valence-electron chi connectivity index (χ0n) is 9.60. The predicted molar refractivity (Wildman–Crippen MR) is 64.5 cm³/mol. The Morgan fingerprint density at radius 2 is 1.92 bits per heavy atom. The van der Waals surface area contributed by atoms with Crippen LogP contribution in [0.25, 0.3) is 0 Å². The van der Waals surface area contributed by atoms with Gasteiger partial charge in [0.25, 0.3) is 0 Å². The molecule has 0 radical (unpaired) electrons. The first kappa shape index (κ1) is 13.3. The van der Waals surface area contributed by atoms with Crippen molar-refractivity contribution >= 4 is 11.8 Å². The van der Waals surface area contributed by atoms with E-state index in [0.717, 1.165) is 12.0 Å². The third-order valence-corrected chi connectivity index (χ3v) is 2.88. The summed E-state index contributed by atoms with van der Waals surface area (Å²) in [6.45, 7) is 8.00. The van der Waals surface area contributed by atoms with E-state index in [9.17, 15) is 0 Å². The minimum Gasteiger partial charge on any atom is -0.313 e. The van der Waals surface area contributed by atoms with Gasteiger partial charge in [-0.05, 0) is 38.0 Å². The van der Waals surface area contributed by atoms with Crippen LogP contribution in [-0.2, 0) is 0 Å². The highest BCUT2D eigenvalue weighted by Gasteiger charge is 2.07. The van der Waals surface area contributed by atoms with Crippen molar-refractivity contribution in [1.29, 1.82) is 0 Å². The number of hydrogen-bond donors (Lipinski definition) is 1. The highest BCUT2D eigenvalue weighted by atomic mass is 32.2. The average molecular weight is 203 g/mol. The minimum atomic E-state index is 0.734. The Labute approximate surface area is 88.1 Å². The van der Waals surface area contributed by atoms with Gasteiger partial charge in [0, 0.05) is 11.8 Å². The summed E-state index contributed by atoms with van der Waals surface area (Å²) in [5.41, 5.74) is 0. The minimum absolute atomic E-state index is 0.734. The Morgan fingerprint density at radius 3 is 2.38 bits per heavy atom. The number of thioether (sulfide) groups is 1. The van der Waals surface area contributed by atoms with Crippen molar-refractivity contribution in [3.05, 3.63) is 0 Å². The molecule has 1 atom stereocenters. The van der Waals surface area contributed by atoms with Gasteiger partial charge in [0.15, 0.2) is 0 Å². The molecule has 13 heavy (non-hydrogen) atoms. The third-order valence-electron chi connectivity index (χ3n) is 2.14. The van der Waals surface area contributed by atoms with Gasteiger partial charge in [-0.25, -0.2) is 0 Å². The molecule has 1 unspecified atom stereocenters. The molecule has 0 bridgehead atoms. The Balaban J connectivity index is 3.53. The number of rotatable bonds is 8. The largest absolute Gasteiger partial charge is 0.313 e. The second kappa shape index (κ2) is 8.89. The lowest BCUT2D eigenvalue weighted by Gasteiger charge is -2.18. The average Bonchev–Trinajstić information content (AvgIpc) is 2.09. The highest BCUT2D eigenvalue weighted by Crippen LogP contribution is 2.10. The molecule has 0 aromatic carbocycles. The molecule has 0 aromatic heterocycles. The van der Waals surface area contributed by atoms with Crippen LogP contribution >= 0.6 is 11.8 Å². The maximum atomic E-state index is 3.60. The van der Waals surface area contributed by atoms with Gasteiger partial charge in [-0.2, -0.15) is 11.8 Å². The Bertz CT molecular complexity index is 104. The molecule has 0 aromatic rings. The molecular weight excluding hydrogens is 178 g/mol. The smallest absolute Gasteiger partial charge is 0.0158 e. The zero-order valence-corrected chi connectivity index (χ0v) is 10.4. The molecule has 80 valence electrons. The Kier molecular flexibility index (Phi) is 9.10. The van der Waals surface area contributed by atoms with Gasteiger partial charge in [0.05, 0.1) is 0 Å². The molecule has 0 aliphatic rings. The maximum absolute atomic E-state index is 3.60. The maximum Gasteiger partial charge on any atom is 0.0158 e. The van der Waals surface area contributed by atoms with Crippen LogP contribution < -0.4 is 5.32 Å². The van der Waals surface area contributed by atoms with Gasteiger partial charge in [0.2, 0.25) is 0 Å². The van der Waals surface area contributed by atoms with E-state index in [1.54, 1.807) is 0 Å². The summed E-state index contributed by atoms with van der Waals surface area (Å²) in [6, 6.07) is 0.734. The van der Waals surface area contributed by atoms with Gasteiger partial charge < -0.3 is 5.32 Å². The van der Waals surface area contributed by atoms with Crippen LogP contribution in [0, 0.1) is 5.92 Å². The summed E-state index contributed by atoms with van der Waals surface area (Å²) in [5.74, 6) is 2.10. The SMILES string of the molecule is CCCNC(CCC(C)C)CSC. The fourth-order valence-electron chi connectivity index (χ4n) is 1.33. The lowest BCUT2D eigenvalue weighted by Crippen LogP contribution is -2.32. The predicted octanol–water partition coefficient (Wildman–Crippen LogP) is 3.15. The van der Waals surface area contributed by atoms with E-state index in [2.05, 4.69) is 32.3 Å². The van der Waals surface area contributed by atoms with E-state index < -0.39 is 0 Å². The van der Waals surface area contributed by atoms with E-state index in [1.807, 2.05) is 11.8 Å². The normalized spacial score (nSPS) is 13.6. The van der Waals surface area contributed by atoms with E-state index >= 15 is 0 Å². The van der Waals surface area contributed by atoms with Crippen LogP contribution in [0.3, 0.4) is 0 Å². The molecule has 0 aliphatic carbocycles. The summed E-state index contributed by atoms with van der Waals surface area (Å²) in [5, 5.41) is 3.60. The first-order valence-electron chi connectivity index (χ1n) is 5.43. The van der Waals surface area contributed by atoms with E-state index in [0.29, 0.717) is 0 Å². The lowest BCUT2D eigenvalue weighted by atomic mass is 10.0. The van der Waals surface area contributed by atoms with Gasteiger partial charge in [0.1, 0.15) is 0 Å². The van der Waals surface area contributed by atoms with E-state index in [4.69, 9.17) is 0 Å². The molecule has 2 heteroatoms. The quantitative estimate of drug-likeness (QED) is 0.650. The fourth-order valence-corrected chi connectivity index (χ4v) is 2.02. The second-order valence-corrected chi connectivity index (χ2v) is 4.99. The highest BCUT2D eigenvalue weighted by molar-refractivity contribution is 7.98. The summed E-state index contributed by atoms with van der Waals surface area (Å²) in [6.07, 6.45) is 6.11. The molecule has 1 nitrogen and oxygen atoms in total. The fraction of sp³-hybridized carbons (Fsp3) is 1.00. The first-order chi connectivity index (χ1) is 6.20. The molecular formula is C11H25NS. The Morgan fingerprint density at radius 1 is 1.23 bits per heavy atom. The van der Waals surface area contributed by atoms with Crippen molar-refractivity contribution in [2.45, 2.75) is 46.1 Å². The van der Waals surface area contributed by atoms with Crippen molar-refractivity contribution in [1.82, 2.24) is 5.32 Å². The second-order valence-electron chi connectivity index (χ2n) is 4.08. The number of hydrogen-bond acceptors (Lipinski definition) is 2. The van der Waals surface area contributed by atoms with Crippen LogP contribution in [0.2, 0.25) is 0 Å². The lowest BCUT2D eigenvalue weighted by molar-refractivity contribution is 0.456. The molecule has 0 heterocycles. The van der Waals surface area contributed by atoms with Crippen LogP contribution in [0.15, 0.2) is 0 Å². The van der Waals surface area contributed by atoms with Gasteiger partial charge in [-0.3, -0.25) is 0 Å². The summed E-state index contributed by atoms with van der Waals surface area (Å²) in [7, 11) is 0. The monoisotopic (exact) mass is 203 g/mol. The van der Waals surface area contributed by atoms with Crippen molar-refractivity contribution in [2.24, 2.45) is 5.92 Å². The van der Waals surface area contributed by atoms with E-state index in [-0.39, 0.29) is 0 Å². The zero-order chi connectivity index (χ0) is 10.1. The van der Waals surface area contributed by atoms with Gasteiger partial charge in [-0.1, -0.05) is 20.8 Å². The molecule has 0 amide bonds. The topological polar surface area (TPSA) is 12.0 Å². The van der Waals surface area contributed by atoms with Gasteiger partial charge >= 0.3 is 0 Å². The standard InChI is InChI=1S/C11H25NS/c1-5-8-12-11(9-13-4)7-6-10(2)3/h10-12H,5-9H2,1-4H3. The van der Waals surface area contributed by atoms with Crippen LogP contribution in [0.4, 0.5) is 0 Å². The van der Waals surface area contributed by atoms with Crippen molar-refractivity contribution < 1.29 is 0 Å².